The lowest BCUT2D eigenvalue weighted by atomic mass is 9.58. The number of likely N-dealkylation sites (tertiary alicyclic amines) is 2. The van der Waals surface area contributed by atoms with Crippen molar-refractivity contribution < 1.29 is 4.74 Å². The zero-order valence-electron chi connectivity index (χ0n) is 17.2. The molecule has 0 radical (unpaired) electrons. The van der Waals surface area contributed by atoms with Crippen LogP contribution in [0.2, 0.25) is 0 Å². The molecule has 2 atom stereocenters. The lowest BCUT2D eigenvalue weighted by Crippen LogP contribution is -2.60. The van der Waals surface area contributed by atoms with Crippen LogP contribution in [0.4, 0.5) is 0 Å². The van der Waals surface area contributed by atoms with Gasteiger partial charge in [0.25, 0.3) is 0 Å². The number of hydrogen-bond donors (Lipinski definition) is 1. The fraction of sp³-hybridized carbons (Fsp3) is 1.00. The number of hydrogen-bond acceptors (Lipinski definition) is 4. The molecule has 4 saturated heterocycles. The SMILES string of the molecule is C1COC2(C1)CCN(C1CC13CCN(C1CCC14CCNCC4)CC3)CC2. The zero-order valence-corrected chi connectivity index (χ0v) is 17.2. The van der Waals surface area contributed by atoms with Crippen molar-refractivity contribution in [2.75, 3.05) is 45.9 Å². The molecule has 0 aromatic rings. The Balaban J connectivity index is 1.03. The van der Waals surface area contributed by atoms with Gasteiger partial charge in [-0.3, -0.25) is 9.80 Å². The van der Waals surface area contributed by atoms with Gasteiger partial charge < -0.3 is 10.1 Å². The molecule has 0 aromatic heterocycles. The minimum absolute atomic E-state index is 0.287. The first-order valence-corrected chi connectivity index (χ1v) is 12.1. The highest BCUT2D eigenvalue weighted by atomic mass is 16.5. The molecule has 4 heteroatoms. The number of piperidine rings is 3. The Morgan fingerprint density at radius 2 is 1.41 bits per heavy atom. The lowest BCUT2D eigenvalue weighted by molar-refractivity contribution is -0.0668. The number of ether oxygens (including phenoxy) is 1. The van der Waals surface area contributed by atoms with Crippen LogP contribution in [-0.4, -0.2) is 73.4 Å². The highest BCUT2D eigenvalue weighted by Gasteiger charge is 2.60. The van der Waals surface area contributed by atoms with Crippen LogP contribution in [0, 0.1) is 10.8 Å². The zero-order chi connectivity index (χ0) is 18.0. The highest BCUT2D eigenvalue weighted by Crippen LogP contribution is 2.59. The third-order valence-corrected chi connectivity index (χ3v) is 9.94. The van der Waals surface area contributed by atoms with E-state index in [9.17, 15) is 0 Å². The summed E-state index contributed by atoms with van der Waals surface area (Å²) >= 11 is 0. The van der Waals surface area contributed by atoms with E-state index in [2.05, 4.69) is 15.1 Å². The average molecular weight is 374 g/mol. The van der Waals surface area contributed by atoms with Crippen molar-refractivity contribution in [2.45, 2.75) is 88.3 Å². The van der Waals surface area contributed by atoms with Gasteiger partial charge in [-0.1, -0.05) is 0 Å². The molecule has 27 heavy (non-hydrogen) atoms. The molecule has 4 heterocycles. The molecule has 4 nitrogen and oxygen atoms in total. The molecule has 2 aliphatic carbocycles. The molecule has 6 rings (SSSR count). The largest absolute Gasteiger partial charge is 0.375 e. The molecule has 1 N–H and O–H groups in total. The molecule has 3 spiro atoms. The maximum Gasteiger partial charge on any atom is 0.0707 e. The fourth-order valence-electron chi connectivity index (χ4n) is 7.81. The Bertz CT molecular complexity index is 548. The number of rotatable bonds is 2. The minimum atomic E-state index is 0.287. The van der Waals surface area contributed by atoms with E-state index in [1.54, 1.807) is 0 Å². The van der Waals surface area contributed by atoms with Gasteiger partial charge in [0, 0.05) is 31.8 Å². The van der Waals surface area contributed by atoms with E-state index < -0.39 is 0 Å². The normalized spacial score (nSPS) is 40.4. The van der Waals surface area contributed by atoms with E-state index in [1.165, 1.54) is 110 Å². The summed E-state index contributed by atoms with van der Waals surface area (Å²) in [4.78, 5) is 5.78. The maximum atomic E-state index is 6.14. The Labute approximate surface area is 165 Å². The standard InChI is InChI=1S/C23H39N3O/c1-3-23(27-17-1)9-15-26(16-10-23)20-18-22(20)7-13-25(14-8-22)19-2-4-21(19)5-11-24-12-6-21/h19-20,24H,1-18H2. The first-order valence-electron chi connectivity index (χ1n) is 12.1. The van der Waals surface area contributed by atoms with Gasteiger partial charge in [-0.25, -0.2) is 0 Å². The maximum absolute atomic E-state index is 6.14. The van der Waals surface area contributed by atoms with Crippen LogP contribution in [0.5, 0.6) is 0 Å². The second kappa shape index (κ2) is 6.42. The molecular weight excluding hydrogens is 334 g/mol. The van der Waals surface area contributed by atoms with Gasteiger partial charge in [0.2, 0.25) is 0 Å². The van der Waals surface area contributed by atoms with E-state index in [4.69, 9.17) is 4.74 Å². The first kappa shape index (κ1) is 17.7. The summed E-state index contributed by atoms with van der Waals surface area (Å²) in [6.45, 7) is 8.91. The smallest absolute Gasteiger partial charge is 0.0707 e. The van der Waals surface area contributed by atoms with Gasteiger partial charge in [-0.2, -0.15) is 0 Å². The molecular formula is C23H39N3O. The predicted molar refractivity (Wildman–Crippen MR) is 108 cm³/mol. The van der Waals surface area contributed by atoms with Crippen LogP contribution in [0.15, 0.2) is 0 Å². The second-order valence-corrected chi connectivity index (χ2v) is 11.0. The van der Waals surface area contributed by atoms with Crippen LogP contribution < -0.4 is 5.32 Å². The Morgan fingerprint density at radius 3 is 2.04 bits per heavy atom. The molecule has 6 fully saturated rings. The summed E-state index contributed by atoms with van der Waals surface area (Å²) in [5, 5.41) is 3.58. The van der Waals surface area contributed by atoms with E-state index in [1.807, 2.05) is 0 Å². The van der Waals surface area contributed by atoms with Crippen LogP contribution in [0.25, 0.3) is 0 Å². The molecule has 4 aliphatic heterocycles. The van der Waals surface area contributed by atoms with Crippen molar-refractivity contribution in [1.29, 1.82) is 0 Å². The molecule has 0 amide bonds. The summed E-state index contributed by atoms with van der Waals surface area (Å²) in [7, 11) is 0. The van der Waals surface area contributed by atoms with Crippen molar-refractivity contribution in [1.82, 2.24) is 15.1 Å². The van der Waals surface area contributed by atoms with Crippen LogP contribution in [0.3, 0.4) is 0 Å². The molecule has 152 valence electrons. The third kappa shape index (κ3) is 2.85. The summed E-state index contributed by atoms with van der Waals surface area (Å²) < 4.78 is 6.14. The fourth-order valence-corrected chi connectivity index (χ4v) is 7.81. The third-order valence-electron chi connectivity index (χ3n) is 9.94. The van der Waals surface area contributed by atoms with E-state index in [0.717, 1.165) is 18.7 Å². The van der Waals surface area contributed by atoms with Gasteiger partial charge in [0.05, 0.1) is 5.60 Å². The van der Waals surface area contributed by atoms with Crippen molar-refractivity contribution in [2.24, 2.45) is 10.8 Å². The second-order valence-electron chi connectivity index (χ2n) is 11.0. The van der Waals surface area contributed by atoms with Crippen molar-refractivity contribution in [3.05, 3.63) is 0 Å². The van der Waals surface area contributed by atoms with Crippen LogP contribution in [-0.2, 0) is 4.74 Å². The number of nitrogens with zero attached hydrogens (tertiary/aromatic N) is 2. The topological polar surface area (TPSA) is 27.7 Å². The molecule has 6 aliphatic rings. The van der Waals surface area contributed by atoms with Crippen molar-refractivity contribution >= 4 is 0 Å². The molecule has 0 aromatic carbocycles. The van der Waals surface area contributed by atoms with Gasteiger partial charge >= 0.3 is 0 Å². The Kier molecular flexibility index (Phi) is 4.20. The Hall–Kier alpha value is -0.160. The molecule has 0 bridgehead atoms. The lowest BCUT2D eigenvalue weighted by Gasteiger charge is -2.57. The molecule has 2 saturated carbocycles. The summed E-state index contributed by atoms with van der Waals surface area (Å²) in [6, 6.07) is 1.83. The highest BCUT2D eigenvalue weighted by molar-refractivity contribution is 5.13. The van der Waals surface area contributed by atoms with E-state index in [-0.39, 0.29) is 5.60 Å². The van der Waals surface area contributed by atoms with Gasteiger partial charge in [0.1, 0.15) is 0 Å². The van der Waals surface area contributed by atoms with Crippen molar-refractivity contribution in [3.8, 4) is 0 Å². The van der Waals surface area contributed by atoms with Crippen LogP contribution >= 0.6 is 0 Å². The molecule has 2 unspecified atom stereocenters. The van der Waals surface area contributed by atoms with Gasteiger partial charge in [-0.05, 0) is 108 Å². The quantitative estimate of drug-likeness (QED) is 0.805. The van der Waals surface area contributed by atoms with Crippen LogP contribution in [0.1, 0.15) is 70.6 Å². The first-order chi connectivity index (χ1) is 13.2. The average Bonchev–Trinajstić information content (AvgIpc) is 3.21. The monoisotopic (exact) mass is 373 g/mol. The minimum Gasteiger partial charge on any atom is -0.375 e. The summed E-state index contributed by atoms with van der Waals surface area (Å²) in [5.41, 5.74) is 1.68. The Morgan fingerprint density at radius 1 is 0.704 bits per heavy atom. The predicted octanol–water partition coefficient (Wildman–Crippen LogP) is 3.02. The van der Waals surface area contributed by atoms with Crippen molar-refractivity contribution in [3.63, 3.8) is 0 Å². The number of nitrogens with one attached hydrogen (secondary N) is 1. The van der Waals surface area contributed by atoms with Gasteiger partial charge in [-0.15, -0.1) is 0 Å². The summed E-state index contributed by atoms with van der Waals surface area (Å²) in [6.07, 6.45) is 15.5. The van der Waals surface area contributed by atoms with E-state index >= 15 is 0 Å². The summed E-state index contributed by atoms with van der Waals surface area (Å²) in [5.74, 6) is 0. The van der Waals surface area contributed by atoms with Gasteiger partial charge in [0.15, 0.2) is 0 Å². The van der Waals surface area contributed by atoms with E-state index in [0.29, 0.717) is 10.8 Å².